The highest BCUT2D eigenvalue weighted by atomic mass is 16.5. The number of H-pyrrole nitrogens is 1. The predicted octanol–water partition coefficient (Wildman–Crippen LogP) is 1.89. The molecule has 2 rings (SSSR count). The summed E-state index contributed by atoms with van der Waals surface area (Å²) in [6.45, 7) is 0.849. The summed E-state index contributed by atoms with van der Waals surface area (Å²) in [5.41, 5.74) is 2.06. The molecule has 0 atom stereocenters. The minimum Gasteiger partial charge on any atom is -0.496 e. The fraction of sp³-hybridized carbons (Fsp3) is 0.250. The average molecular weight is 219 g/mol. The van der Waals surface area contributed by atoms with Crippen LogP contribution in [0.2, 0.25) is 0 Å². The lowest BCUT2D eigenvalue weighted by Gasteiger charge is -1.99. The van der Waals surface area contributed by atoms with Gasteiger partial charge in [0.25, 0.3) is 6.47 Å². The normalized spacial score (nSPS) is 10.3. The van der Waals surface area contributed by atoms with Gasteiger partial charge in [-0.3, -0.25) is 4.79 Å². The molecular formula is C12H13NO3. The zero-order chi connectivity index (χ0) is 11.4. The van der Waals surface area contributed by atoms with Crippen molar-refractivity contribution in [2.24, 2.45) is 0 Å². The van der Waals surface area contributed by atoms with Gasteiger partial charge in [-0.05, 0) is 18.2 Å². The number of nitrogens with one attached hydrogen (secondary N) is 1. The van der Waals surface area contributed by atoms with Crippen LogP contribution in [-0.2, 0) is 16.0 Å². The van der Waals surface area contributed by atoms with Crippen LogP contribution in [0.5, 0.6) is 5.75 Å². The second kappa shape index (κ2) is 4.70. The first-order valence-corrected chi connectivity index (χ1v) is 5.05. The number of rotatable bonds is 5. The van der Waals surface area contributed by atoms with Crippen LogP contribution in [0.4, 0.5) is 0 Å². The van der Waals surface area contributed by atoms with E-state index in [0.29, 0.717) is 19.5 Å². The smallest absolute Gasteiger partial charge is 0.293 e. The zero-order valence-electron chi connectivity index (χ0n) is 9.03. The number of fused-ring (bicyclic) bond motifs is 1. The highest BCUT2D eigenvalue weighted by Crippen LogP contribution is 2.25. The van der Waals surface area contributed by atoms with Gasteiger partial charge >= 0.3 is 0 Å². The molecule has 1 aromatic heterocycles. The molecule has 16 heavy (non-hydrogen) atoms. The number of aromatic nitrogens is 1. The number of aromatic amines is 1. The van der Waals surface area contributed by atoms with Crippen LogP contribution >= 0.6 is 0 Å². The van der Waals surface area contributed by atoms with Gasteiger partial charge in [0.15, 0.2) is 0 Å². The minimum atomic E-state index is 0.388. The number of carbonyl (C=O) groups is 1. The fourth-order valence-electron chi connectivity index (χ4n) is 1.71. The van der Waals surface area contributed by atoms with Crippen LogP contribution < -0.4 is 4.74 Å². The molecule has 1 aromatic carbocycles. The summed E-state index contributed by atoms with van der Waals surface area (Å²) in [7, 11) is 1.65. The summed E-state index contributed by atoms with van der Waals surface area (Å²) in [4.78, 5) is 13.3. The van der Waals surface area contributed by atoms with Crippen LogP contribution in [0.25, 0.3) is 10.9 Å². The third kappa shape index (κ3) is 2.00. The summed E-state index contributed by atoms with van der Waals surface area (Å²) in [5.74, 6) is 0.844. The number of benzene rings is 1. The Balaban J connectivity index is 2.25. The van der Waals surface area contributed by atoms with Gasteiger partial charge in [0.2, 0.25) is 0 Å². The van der Waals surface area contributed by atoms with Crippen molar-refractivity contribution in [3.05, 3.63) is 30.0 Å². The van der Waals surface area contributed by atoms with Crippen molar-refractivity contribution in [2.45, 2.75) is 6.42 Å². The van der Waals surface area contributed by atoms with Crippen molar-refractivity contribution >= 4 is 17.4 Å². The summed E-state index contributed by atoms with van der Waals surface area (Å²) in [5, 5.41) is 1.05. The number of hydrogen-bond donors (Lipinski definition) is 1. The molecule has 0 aliphatic carbocycles. The minimum absolute atomic E-state index is 0.388. The molecule has 0 fully saturated rings. The SMILES string of the molecule is COc1cccc2[nH]c(CCOC=O)cc12. The largest absolute Gasteiger partial charge is 0.496 e. The van der Waals surface area contributed by atoms with Gasteiger partial charge in [0.05, 0.1) is 13.7 Å². The summed E-state index contributed by atoms with van der Waals surface area (Å²) in [6.07, 6.45) is 0.677. The van der Waals surface area contributed by atoms with Crippen molar-refractivity contribution < 1.29 is 14.3 Å². The zero-order valence-corrected chi connectivity index (χ0v) is 9.03. The van der Waals surface area contributed by atoms with E-state index in [2.05, 4.69) is 9.72 Å². The lowest BCUT2D eigenvalue weighted by atomic mass is 10.2. The Hall–Kier alpha value is -1.97. The Morgan fingerprint density at radius 2 is 2.31 bits per heavy atom. The molecule has 0 saturated carbocycles. The first-order valence-electron chi connectivity index (χ1n) is 5.05. The molecule has 2 aromatic rings. The third-order valence-corrected chi connectivity index (χ3v) is 2.46. The molecule has 1 N–H and O–H groups in total. The molecule has 0 unspecified atom stereocenters. The van der Waals surface area contributed by atoms with E-state index in [0.717, 1.165) is 22.3 Å². The molecular weight excluding hydrogens is 206 g/mol. The lowest BCUT2D eigenvalue weighted by molar-refractivity contribution is -0.128. The van der Waals surface area contributed by atoms with Crippen LogP contribution in [0.1, 0.15) is 5.69 Å². The molecule has 0 bridgehead atoms. The Morgan fingerprint density at radius 3 is 3.06 bits per heavy atom. The van der Waals surface area contributed by atoms with E-state index in [-0.39, 0.29) is 0 Å². The van der Waals surface area contributed by atoms with Crippen molar-refractivity contribution in [1.29, 1.82) is 0 Å². The Kier molecular flexibility index (Phi) is 3.10. The van der Waals surface area contributed by atoms with Gasteiger partial charge < -0.3 is 14.5 Å². The number of hydrogen-bond acceptors (Lipinski definition) is 3. The quantitative estimate of drug-likeness (QED) is 0.617. The van der Waals surface area contributed by atoms with E-state index in [1.807, 2.05) is 24.3 Å². The Morgan fingerprint density at radius 1 is 1.44 bits per heavy atom. The first kappa shape index (κ1) is 10.5. The number of ether oxygens (including phenoxy) is 2. The molecule has 84 valence electrons. The second-order valence-electron chi connectivity index (χ2n) is 3.43. The van der Waals surface area contributed by atoms with Gasteiger partial charge in [-0.25, -0.2) is 0 Å². The molecule has 4 nitrogen and oxygen atoms in total. The highest BCUT2D eigenvalue weighted by molar-refractivity contribution is 5.86. The average Bonchev–Trinajstić information content (AvgIpc) is 2.71. The van der Waals surface area contributed by atoms with Crippen LogP contribution in [0.3, 0.4) is 0 Å². The molecule has 0 aliphatic rings. The monoisotopic (exact) mass is 219 g/mol. The molecule has 0 radical (unpaired) electrons. The number of methoxy groups -OCH3 is 1. The Bertz CT molecular complexity index is 490. The molecule has 4 heteroatoms. The predicted molar refractivity (Wildman–Crippen MR) is 60.6 cm³/mol. The molecule has 0 amide bonds. The van der Waals surface area contributed by atoms with Crippen molar-refractivity contribution in [2.75, 3.05) is 13.7 Å². The Labute approximate surface area is 93.2 Å². The standard InChI is InChI=1S/C12H13NO3/c1-15-12-4-2-3-11-10(12)7-9(13-11)5-6-16-8-14/h2-4,7-8,13H,5-6H2,1H3. The molecule has 0 spiro atoms. The van der Waals surface area contributed by atoms with Crippen molar-refractivity contribution in [1.82, 2.24) is 4.98 Å². The van der Waals surface area contributed by atoms with Crippen LogP contribution in [-0.4, -0.2) is 25.2 Å². The van der Waals surface area contributed by atoms with Gasteiger partial charge in [-0.1, -0.05) is 6.07 Å². The summed E-state index contributed by atoms with van der Waals surface area (Å²) in [6, 6.07) is 7.86. The van der Waals surface area contributed by atoms with Gasteiger partial charge in [0, 0.05) is 23.0 Å². The maximum Gasteiger partial charge on any atom is 0.293 e. The topological polar surface area (TPSA) is 51.3 Å². The van der Waals surface area contributed by atoms with E-state index in [9.17, 15) is 4.79 Å². The second-order valence-corrected chi connectivity index (χ2v) is 3.43. The first-order chi connectivity index (χ1) is 7.85. The highest BCUT2D eigenvalue weighted by Gasteiger charge is 2.05. The van der Waals surface area contributed by atoms with E-state index >= 15 is 0 Å². The maximum atomic E-state index is 10.0. The third-order valence-electron chi connectivity index (χ3n) is 2.46. The summed E-state index contributed by atoms with van der Waals surface area (Å²) < 4.78 is 9.92. The van der Waals surface area contributed by atoms with Crippen LogP contribution in [0.15, 0.2) is 24.3 Å². The fourth-order valence-corrected chi connectivity index (χ4v) is 1.71. The van der Waals surface area contributed by atoms with E-state index in [1.165, 1.54) is 0 Å². The van der Waals surface area contributed by atoms with E-state index in [4.69, 9.17) is 4.74 Å². The van der Waals surface area contributed by atoms with Crippen LogP contribution in [0, 0.1) is 0 Å². The number of carbonyl (C=O) groups excluding carboxylic acids is 1. The van der Waals surface area contributed by atoms with Gasteiger partial charge in [0.1, 0.15) is 5.75 Å². The summed E-state index contributed by atoms with van der Waals surface area (Å²) >= 11 is 0. The molecule has 0 aliphatic heterocycles. The van der Waals surface area contributed by atoms with Gasteiger partial charge in [-0.2, -0.15) is 0 Å². The van der Waals surface area contributed by atoms with Gasteiger partial charge in [-0.15, -0.1) is 0 Å². The van der Waals surface area contributed by atoms with E-state index in [1.54, 1.807) is 7.11 Å². The maximum absolute atomic E-state index is 10.0. The molecule has 1 heterocycles. The lowest BCUT2D eigenvalue weighted by Crippen LogP contribution is -1.96. The van der Waals surface area contributed by atoms with Crippen molar-refractivity contribution in [3.8, 4) is 5.75 Å². The van der Waals surface area contributed by atoms with Crippen molar-refractivity contribution in [3.63, 3.8) is 0 Å². The molecule has 0 saturated heterocycles. The van der Waals surface area contributed by atoms with E-state index < -0.39 is 0 Å².